The maximum atomic E-state index is 11.5. The molecule has 2 rings (SSSR count). The second-order valence-corrected chi connectivity index (χ2v) is 5.67. The number of halogens is 2. The number of rotatable bonds is 3. The topological polar surface area (TPSA) is 41.1 Å². The third-order valence-corrected chi connectivity index (χ3v) is 3.58. The van der Waals surface area contributed by atoms with Crippen LogP contribution in [0.3, 0.4) is 0 Å². The molecule has 3 nitrogen and oxygen atoms in total. The van der Waals surface area contributed by atoms with Crippen molar-refractivity contribution in [3.8, 4) is 0 Å². The lowest BCUT2D eigenvalue weighted by molar-refractivity contribution is 0.251. The number of urea groups is 1. The summed E-state index contributed by atoms with van der Waals surface area (Å²) in [5, 5.41) is 5.66. The highest BCUT2D eigenvalue weighted by Crippen LogP contribution is 2.28. The van der Waals surface area contributed by atoms with E-state index in [0.717, 1.165) is 21.2 Å². The van der Waals surface area contributed by atoms with Crippen molar-refractivity contribution >= 4 is 43.6 Å². The summed E-state index contributed by atoms with van der Waals surface area (Å²) in [7, 11) is 0. The SMILES string of the molecule is O=C(NCC1CC1)Nc1ccc(Br)cc1Br. The molecule has 0 aromatic heterocycles. The molecule has 0 aliphatic heterocycles. The summed E-state index contributed by atoms with van der Waals surface area (Å²) in [6.45, 7) is 0.778. The predicted molar refractivity (Wildman–Crippen MR) is 71.6 cm³/mol. The van der Waals surface area contributed by atoms with E-state index in [4.69, 9.17) is 0 Å². The molecule has 1 fully saturated rings. The minimum Gasteiger partial charge on any atom is -0.338 e. The van der Waals surface area contributed by atoms with E-state index in [2.05, 4.69) is 42.5 Å². The second-order valence-electron chi connectivity index (χ2n) is 3.90. The van der Waals surface area contributed by atoms with Crippen molar-refractivity contribution in [1.29, 1.82) is 0 Å². The van der Waals surface area contributed by atoms with Crippen molar-refractivity contribution in [2.24, 2.45) is 5.92 Å². The van der Waals surface area contributed by atoms with E-state index in [0.29, 0.717) is 5.92 Å². The van der Waals surface area contributed by atoms with Gasteiger partial charge >= 0.3 is 6.03 Å². The Bertz CT molecular complexity index is 405. The van der Waals surface area contributed by atoms with E-state index in [9.17, 15) is 4.79 Å². The van der Waals surface area contributed by atoms with Gasteiger partial charge in [-0.15, -0.1) is 0 Å². The van der Waals surface area contributed by atoms with Crippen LogP contribution in [0.25, 0.3) is 0 Å². The Labute approximate surface area is 111 Å². The fraction of sp³-hybridized carbons (Fsp3) is 0.364. The molecule has 0 radical (unpaired) electrons. The van der Waals surface area contributed by atoms with Crippen molar-refractivity contribution in [1.82, 2.24) is 5.32 Å². The third-order valence-electron chi connectivity index (χ3n) is 2.43. The molecule has 2 N–H and O–H groups in total. The molecule has 0 bridgehead atoms. The Balaban J connectivity index is 1.89. The molecule has 2 amide bonds. The van der Waals surface area contributed by atoms with Crippen LogP contribution in [0.1, 0.15) is 12.8 Å². The van der Waals surface area contributed by atoms with Gasteiger partial charge in [0.2, 0.25) is 0 Å². The summed E-state index contributed by atoms with van der Waals surface area (Å²) in [6.07, 6.45) is 2.48. The molecule has 0 unspecified atom stereocenters. The van der Waals surface area contributed by atoms with E-state index >= 15 is 0 Å². The van der Waals surface area contributed by atoms with Crippen LogP contribution < -0.4 is 10.6 Å². The van der Waals surface area contributed by atoms with Crippen LogP contribution >= 0.6 is 31.9 Å². The van der Waals surface area contributed by atoms with Gasteiger partial charge in [-0.3, -0.25) is 0 Å². The van der Waals surface area contributed by atoms with Gasteiger partial charge in [0, 0.05) is 15.5 Å². The molecule has 1 aliphatic rings. The van der Waals surface area contributed by atoms with Gasteiger partial charge in [0.25, 0.3) is 0 Å². The number of carbonyl (C=O) groups is 1. The Morgan fingerprint density at radius 1 is 1.38 bits per heavy atom. The number of hydrogen-bond donors (Lipinski definition) is 2. The molecule has 0 heterocycles. The molecular weight excluding hydrogens is 336 g/mol. The van der Waals surface area contributed by atoms with Crippen molar-refractivity contribution in [3.63, 3.8) is 0 Å². The third kappa shape index (κ3) is 3.49. The van der Waals surface area contributed by atoms with E-state index in [-0.39, 0.29) is 6.03 Å². The lowest BCUT2D eigenvalue weighted by Crippen LogP contribution is -2.30. The first kappa shape index (κ1) is 11.9. The lowest BCUT2D eigenvalue weighted by atomic mass is 10.3. The first-order valence-electron chi connectivity index (χ1n) is 5.15. The summed E-state index contributed by atoms with van der Waals surface area (Å²) in [4.78, 5) is 11.5. The maximum absolute atomic E-state index is 11.5. The highest BCUT2D eigenvalue weighted by molar-refractivity contribution is 9.11. The number of carbonyl (C=O) groups excluding carboxylic acids is 1. The van der Waals surface area contributed by atoms with Gasteiger partial charge in [-0.2, -0.15) is 0 Å². The van der Waals surface area contributed by atoms with E-state index < -0.39 is 0 Å². The normalized spacial score (nSPS) is 14.6. The highest BCUT2D eigenvalue weighted by atomic mass is 79.9. The summed E-state index contributed by atoms with van der Waals surface area (Å²) in [6, 6.07) is 5.50. The van der Waals surface area contributed by atoms with Gasteiger partial charge in [0.05, 0.1) is 5.69 Å². The average Bonchev–Trinajstić information content (AvgIpc) is 3.03. The molecule has 1 aliphatic carbocycles. The van der Waals surface area contributed by atoms with Crippen LogP contribution in [0.2, 0.25) is 0 Å². The second kappa shape index (κ2) is 5.19. The summed E-state index contributed by atoms with van der Waals surface area (Å²) in [5.74, 6) is 0.694. The summed E-state index contributed by atoms with van der Waals surface area (Å²) < 4.78 is 1.84. The van der Waals surface area contributed by atoms with Gasteiger partial charge in [-0.05, 0) is 52.9 Å². The van der Waals surface area contributed by atoms with E-state index in [1.54, 1.807) is 0 Å². The molecule has 1 saturated carbocycles. The van der Waals surface area contributed by atoms with Crippen LogP contribution in [0.4, 0.5) is 10.5 Å². The highest BCUT2D eigenvalue weighted by Gasteiger charge is 2.21. The lowest BCUT2D eigenvalue weighted by Gasteiger charge is -2.08. The molecule has 0 spiro atoms. The van der Waals surface area contributed by atoms with Crippen molar-refractivity contribution in [2.45, 2.75) is 12.8 Å². The fourth-order valence-corrected chi connectivity index (χ4v) is 2.46. The number of nitrogens with one attached hydrogen (secondary N) is 2. The van der Waals surface area contributed by atoms with Gasteiger partial charge in [0.1, 0.15) is 0 Å². The summed E-state index contributed by atoms with van der Waals surface area (Å²) >= 11 is 6.76. The molecule has 0 saturated heterocycles. The standard InChI is InChI=1S/C11H12Br2N2O/c12-8-3-4-10(9(13)5-8)15-11(16)14-6-7-1-2-7/h3-5,7H,1-2,6H2,(H2,14,15,16). The number of amides is 2. The maximum Gasteiger partial charge on any atom is 0.319 e. The van der Waals surface area contributed by atoms with Crippen molar-refractivity contribution in [2.75, 3.05) is 11.9 Å². The Morgan fingerprint density at radius 2 is 2.12 bits per heavy atom. The quantitative estimate of drug-likeness (QED) is 0.859. The number of anilines is 1. The van der Waals surface area contributed by atoms with Crippen LogP contribution in [0, 0.1) is 5.92 Å². The number of hydrogen-bond acceptors (Lipinski definition) is 1. The molecule has 16 heavy (non-hydrogen) atoms. The average molecular weight is 348 g/mol. The molecule has 0 atom stereocenters. The minimum absolute atomic E-state index is 0.144. The zero-order valence-corrected chi connectivity index (χ0v) is 11.8. The van der Waals surface area contributed by atoms with Crippen molar-refractivity contribution in [3.05, 3.63) is 27.1 Å². The molecule has 5 heteroatoms. The minimum atomic E-state index is -0.144. The zero-order chi connectivity index (χ0) is 11.5. The summed E-state index contributed by atoms with van der Waals surface area (Å²) in [5.41, 5.74) is 0.775. The Hall–Kier alpha value is -0.550. The van der Waals surface area contributed by atoms with E-state index in [1.807, 2.05) is 18.2 Å². The van der Waals surface area contributed by atoms with Crippen LogP contribution in [0.15, 0.2) is 27.1 Å². The monoisotopic (exact) mass is 346 g/mol. The smallest absolute Gasteiger partial charge is 0.319 e. The first-order chi connectivity index (χ1) is 7.65. The zero-order valence-electron chi connectivity index (χ0n) is 8.59. The van der Waals surface area contributed by atoms with Crippen LogP contribution in [0.5, 0.6) is 0 Å². The Morgan fingerprint density at radius 3 is 2.75 bits per heavy atom. The van der Waals surface area contributed by atoms with Gasteiger partial charge in [-0.1, -0.05) is 15.9 Å². The van der Waals surface area contributed by atoms with Gasteiger partial charge < -0.3 is 10.6 Å². The van der Waals surface area contributed by atoms with Crippen LogP contribution in [-0.2, 0) is 0 Å². The number of benzene rings is 1. The first-order valence-corrected chi connectivity index (χ1v) is 6.73. The van der Waals surface area contributed by atoms with Gasteiger partial charge in [-0.25, -0.2) is 4.79 Å². The molecule has 1 aromatic carbocycles. The Kier molecular flexibility index (Phi) is 3.86. The predicted octanol–water partition coefficient (Wildman–Crippen LogP) is 3.74. The van der Waals surface area contributed by atoms with Gasteiger partial charge in [0.15, 0.2) is 0 Å². The van der Waals surface area contributed by atoms with Crippen molar-refractivity contribution < 1.29 is 4.79 Å². The largest absolute Gasteiger partial charge is 0.338 e. The fourth-order valence-electron chi connectivity index (χ4n) is 1.32. The molecule has 1 aromatic rings. The van der Waals surface area contributed by atoms with E-state index in [1.165, 1.54) is 12.8 Å². The molecule has 86 valence electrons. The van der Waals surface area contributed by atoms with Crippen LogP contribution in [-0.4, -0.2) is 12.6 Å². The molecular formula is C11H12Br2N2O.